The lowest BCUT2D eigenvalue weighted by atomic mass is 9.93. The zero-order valence-electron chi connectivity index (χ0n) is 15.5. The molecule has 138 valence electrons. The molecular weight excluding hydrogens is 328 g/mol. The van der Waals surface area contributed by atoms with Gasteiger partial charge in [-0.15, -0.1) is 5.10 Å². The monoisotopic (exact) mass is 354 g/mol. The summed E-state index contributed by atoms with van der Waals surface area (Å²) in [5.74, 6) is 2.25. The Morgan fingerprint density at radius 2 is 1.92 bits per heavy atom. The van der Waals surface area contributed by atoms with E-state index in [0.717, 1.165) is 56.5 Å². The molecule has 26 heavy (non-hydrogen) atoms. The third-order valence-corrected chi connectivity index (χ3v) is 5.33. The van der Waals surface area contributed by atoms with Gasteiger partial charge in [0.05, 0.1) is 18.4 Å². The Morgan fingerprint density at radius 3 is 2.65 bits per heavy atom. The second-order valence-electron chi connectivity index (χ2n) is 7.13. The lowest BCUT2D eigenvalue weighted by Gasteiger charge is -2.38. The number of aromatic nitrogens is 4. The van der Waals surface area contributed by atoms with Gasteiger partial charge >= 0.3 is 0 Å². The molecule has 0 bridgehead atoms. The van der Waals surface area contributed by atoms with Gasteiger partial charge in [0.1, 0.15) is 0 Å². The predicted molar refractivity (Wildman–Crippen MR) is 100 cm³/mol. The summed E-state index contributed by atoms with van der Waals surface area (Å²) in [5, 5.41) is 8.55. The summed E-state index contributed by atoms with van der Waals surface area (Å²) in [7, 11) is 0. The number of hydrogen-bond donors (Lipinski definition) is 0. The third kappa shape index (κ3) is 3.62. The van der Waals surface area contributed by atoms with Gasteiger partial charge in [-0.2, -0.15) is 5.10 Å². The summed E-state index contributed by atoms with van der Waals surface area (Å²) in [6.07, 6.45) is 6.10. The molecule has 0 amide bonds. The van der Waals surface area contributed by atoms with Crippen LogP contribution in [0.3, 0.4) is 0 Å². The standard InChI is InChI=1S/C19H26N6O/c1-3-15-10-20-19(21-11-15)25-7-6-16-12-24(8-9-26-17(16)13-25)18-5-4-14(2)22-23-18/h4-5,10-11,16-17H,3,6-9,12-13H2,1-2H3/t16-,17-/m0/s1. The van der Waals surface area contributed by atoms with E-state index in [2.05, 4.69) is 43.0 Å². The van der Waals surface area contributed by atoms with Gasteiger partial charge in [0.25, 0.3) is 0 Å². The lowest BCUT2D eigenvalue weighted by Crippen LogP contribution is -2.47. The van der Waals surface area contributed by atoms with Crippen molar-refractivity contribution < 1.29 is 4.74 Å². The van der Waals surface area contributed by atoms with E-state index in [0.29, 0.717) is 12.5 Å². The van der Waals surface area contributed by atoms with E-state index in [-0.39, 0.29) is 6.10 Å². The summed E-state index contributed by atoms with van der Waals surface area (Å²) in [6.45, 7) is 8.42. The number of anilines is 2. The zero-order chi connectivity index (χ0) is 17.9. The molecule has 4 heterocycles. The number of piperidine rings is 1. The molecule has 2 aromatic rings. The first kappa shape index (κ1) is 17.1. The Labute approximate surface area is 154 Å². The molecule has 7 nitrogen and oxygen atoms in total. The zero-order valence-corrected chi connectivity index (χ0v) is 15.5. The van der Waals surface area contributed by atoms with Crippen LogP contribution in [0.5, 0.6) is 0 Å². The van der Waals surface area contributed by atoms with Crippen LogP contribution in [-0.2, 0) is 11.2 Å². The van der Waals surface area contributed by atoms with Crippen molar-refractivity contribution in [1.29, 1.82) is 0 Å². The predicted octanol–water partition coefficient (Wildman–Crippen LogP) is 1.87. The molecular formula is C19H26N6O. The molecule has 4 rings (SSSR count). The molecule has 0 radical (unpaired) electrons. The van der Waals surface area contributed by atoms with Gasteiger partial charge < -0.3 is 14.5 Å². The molecule has 0 aliphatic carbocycles. The SMILES string of the molecule is CCc1cnc(N2CC[C@H]3CN(c4ccc(C)nn4)CCO[C@H]3C2)nc1. The van der Waals surface area contributed by atoms with E-state index < -0.39 is 0 Å². The van der Waals surface area contributed by atoms with Crippen LogP contribution in [0.4, 0.5) is 11.8 Å². The van der Waals surface area contributed by atoms with Crippen LogP contribution in [0.15, 0.2) is 24.5 Å². The highest BCUT2D eigenvalue weighted by Gasteiger charge is 2.34. The highest BCUT2D eigenvalue weighted by molar-refractivity contribution is 5.38. The summed E-state index contributed by atoms with van der Waals surface area (Å²) >= 11 is 0. The van der Waals surface area contributed by atoms with E-state index in [9.17, 15) is 0 Å². The van der Waals surface area contributed by atoms with Crippen molar-refractivity contribution in [2.75, 3.05) is 42.6 Å². The maximum atomic E-state index is 6.19. The first-order valence-electron chi connectivity index (χ1n) is 9.45. The van der Waals surface area contributed by atoms with Crippen LogP contribution in [0, 0.1) is 12.8 Å². The van der Waals surface area contributed by atoms with Crippen molar-refractivity contribution in [2.24, 2.45) is 5.92 Å². The van der Waals surface area contributed by atoms with Crippen LogP contribution in [-0.4, -0.2) is 59.1 Å². The second kappa shape index (κ2) is 7.53. The normalized spacial score (nSPS) is 23.5. The average Bonchev–Trinajstić information content (AvgIpc) is 2.90. The van der Waals surface area contributed by atoms with Gasteiger partial charge in [-0.3, -0.25) is 0 Å². The Kier molecular flexibility index (Phi) is 4.97. The van der Waals surface area contributed by atoms with E-state index in [1.54, 1.807) is 0 Å². The van der Waals surface area contributed by atoms with Gasteiger partial charge in [-0.1, -0.05) is 6.92 Å². The molecule has 0 unspecified atom stereocenters. The van der Waals surface area contributed by atoms with Crippen molar-refractivity contribution in [3.8, 4) is 0 Å². The summed E-state index contributed by atoms with van der Waals surface area (Å²) in [5.41, 5.74) is 2.12. The van der Waals surface area contributed by atoms with Crippen LogP contribution >= 0.6 is 0 Å². The summed E-state index contributed by atoms with van der Waals surface area (Å²) < 4.78 is 6.19. The number of hydrogen-bond acceptors (Lipinski definition) is 7. The van der Waals surface area contributed by atoms with E-state index in [4.69, 9.17) is 4.74 Å². The largest absolute Gasteiger partial charge is 0.374 e. The molecule has 0 aromatic carbocycles. The first-order chi connectivity index (χ1) is 12.7. The Hall–Kier alpha value is -2.28. The van der Waals surface area contributed by atoms with Crippen LogP contribution in [0.1, 0.15) is 24.6 Å². The highest BCUT2D eigenvalue weighted by atomic mass is 16.5. The Bertz CT molecular complexity index is 720. The average molecular weight is 354 g/mol. The van der Waals surface area contributed by atoms with Crippen LogP contribution < -0.4 is 9.80 Å². The minimum absolute atomic E-state index is 0.210. The van der Waals surface area contributed by atoms with Gasteiger partial charge in [-0.25, -0.2) is 9.97 Å². The smallest absolute Gasteiger partial charge is 0.225 e. The first-order valence-corrected chi connectivity index (χ1v) is 9.45. The molecule has 2 aliphatic rings. The number of aryl methyl sites for hydroxylation is 2. The molecule has 2 atom stereocenters. The Morgan fingerprint density at radius 1 is 1.08 bits per heavy atom. The lowest BCUT2D eigenvalue weighted by molar-refractivity contribution is 0.0249. The maximum absolute atomic E-state index is 6.19. The molecule has 2 aliphatic heterocycles. The summed E-state index contributed by atoms with van der Waals surface area (Å²) in [6, 6.07) is 4.08. The minimum atomic E-state index is 0.210. The fourth-order valence-corrected chi connectivity index (χ4v) is 3.70. The molecule has 0 spiro atoms. The number of fused-ring (bicyclic) bond motifs is 1. The topological polar surface area (TPSA) is 67.3 Å². The molecule has 2 saturated heterocycles. The van der Waals surface area contributed by atoms with Gasteiger partial charge in [0.2, 0.25) is 5.95 Å². The van der Waals surface area contributed by atoms with Gasteiger partial charge in [-0.05, 0) is 37.5 Å². The molecule has 2 fully saturated rings. The van der Waals surface area contributed by atoms with E-state index in [1.165, 1.54) is 5.56 Å². The Balaban J connectivity index is 1.43. The molecule has 0 saturated carbocycles. The minimum Gasteiger partial charge on any atom is -0.374 e. The van der Waals surface area contributed by atoms with Crippen LogP contribution in [0.25, 0.3) is 0 Å². The third-order valence-electron chi connectivity index (χ3n) is 5.33. The van der Waals surface area contributed by atoms with Gasteiger partial charge in [0, 0.05) is 44.5 Å². The second-order valence-corrected chi connectivity index (χ2v) is 7.13. The highest BCUT2D eigenvalue weighted by Crippen LogP contribution is 2.27. The van der Waals surface area contributed by atoms with Crippen molar-refractivity contribution in [1.82, 2.24) is 20.2 Å². The van der Waals surface area contributed by atoms with Crippen molar-refractivity contribution in [3.63, 3.8) is 0 Å². The van der Waals surface area contributed by atoms with Crippen molar-refractivity contribution in [3.05, 3.63) is 35.8 Å². The molecule has 7 heteroatoms. The quantitative estimate of drug-likeness (QED) is 0.833. The number of rotatable bonds is 3. The maximum Gasteiger partial charge on any atom is 0.225 e. The van der Waals surface area contributed by atoms with Crippen LogP contribution in [0.2, 0.25) is 0 Å². The van der Waals surface area contributed by atoms with E-state index in [1.807, 2.05) is 25.4 Å². The van der Waals surface area contributed by atoms with Crippen molar-refractivity contribution >= 4 is 11.8 Å². The number of ether oxygens (including phenoxy) is 1. The number of nitrogens with zero attached hydrogens (tertiary/aromatic N) is 6. The summed E-state index contributed by atoms with van der Waals surface area (Å²) in [4.78, 5) is 13.6. The van der Waals surface area contributed by atoms with Crippen molar-refractivity contribution in [2.45, 2.75) is 32.8 Å². The van der Waals surface area contributed by atoms with Gasteiger partial charge in [0.15, 0.2) is 5.82 Å². The van der Waals surface area contributed by atoms with E-state index >= 15 is 0 Å². The fraction of sp³-hybridized carbons (Fsp3) is 0.579. The molecule has 2 aromatic heterocycles. The fourth-order valence-electron chi connectivity index (χ4n) is 3.70. The molecule has 0 N–H and O–H groups in total.